The fourth-order valence-corrected chi connectivity index (χ4v) is 3.28. The molecule has 1 fully saturated rings. The Morgan fingerprint density at radius 2 is 2.05 bits per heavy atom. The van der Waals surface area contributed by atoms with Gasteiger partial charge in [-0.2, -0.15) is 0 Å². The Bertz CT molecular complexity index is 635. The number of rotatable bonds is 3. The van der Waals surface area contributed by atoms with Gasteiger partial charge >= 0.3 is 0 Å². The highest BCUT2D eigenvalue weighted by Gasteiger charge is 2.52. The highest BCUT2D eigenvalue weighted by atomic mass is 19.1. The van der Waals surface area contributed by atoms with Crippen molar-refractivity contribution in [3.8, 4) is 11.3 Å². The van der Waals surface area contributed by atoms with Crippen LogP contribution in [0.2, 0.25) is 0 Å². The van der Waals surface area contributed by atoms with Crippen LogP contribution in [0, 0.1) is 17.6 Å². The van der Waals surface area contributed by atoms with Crippen LogP contribution in [0.5, 0.6) is 0 Å². The summed E-state index contributed by atoms with van der Waals surface area (Å²) in [6.45, 7) is 4.21. The van der Waals surface area contributed by atoms with Gasteiger partial charge in [-0.1, -0.05) is 19.9 Å². The Morgan fingerprint density at radius 1 is 1.30 bits per heavy atom. The molecule has 104 valence electrons. The van der Waals surface area contributed by atoms with Crippen molar-refractivity contribution in [2.24, 2.45) is 5.92 Å². The molecule has 0 spiro atoms. The molecular weight excluding hydrogens is 256 g/mol. The Labute approximate surface area is 117 Å². The summed E-state index contributed by atoms with van der Waals surface area (Å²) in [5.74, 6) is -0.578. The van der Waals surface area contributed by atoms with Crippen molar-refractivity contribution >= 4 is 0 Å². The molecular formula is C17H17F2N. The van der Waals surface area contributed by atoms with Crippen LogP contribution in [0.4, 0.5) is 8.78 Å². The summed E-state index contributed by atoms with van der Waals surface area (Å²) >= 11 is 0. The third kappa shape index (κ3) is 1.92. The van der Waals surface area contributed by atoms with Crippen LogP contribution >= 0.6 is 0 Å². The Morgan fingerprint density at radius 3 is 2.60 bits per heavy atom. The molecule has 1 aromatic heterocycles. The van der Waals surface area contributed by atoms with Gasteiger partial charge in [0.15, 0.2) is 0 Å². The average Bonchev–Trinajstić information content (AvgIpc) is 3.11. The van der Waals surface area contributed by atoms with Gasteiger partial charge in [0.25, 0.3) is 0 Å². The Hall–Kier alpha value is -1.77. The standard InChI is InChI=1S/C17H17F2N/c1-3-17(10-11(17)2)13-8-12(18)9-14(19)16(13)15-6-4-5-7-20-15/h4-9,11H,3,10H2,1-2H3. The lowest BCUT2D eigenvalue weighted by Gasteiger charge is -2.20. The van der Waals surface area contributed by atoms with E-state index < -0.39 is 11.6 Å². The number of benzene rings is 1. The van der Waals surface area contributed by atoms with Crippen LogP contribution in [-0.2, 0) is 5.41 Å². The van der Waals surface area contributed by atoms with E-state index in [2.05, 4.69) is 18.8 Å². The third-order valence-corrected chi connectivity index (χ3v) is 4.60. The second-order valence-corrected chi connectivity index (χ2v) is 5.64. The highest BCUT2D eigenvalue weighted by Crippen LogP contribution is 2.58. The van der Waals surface area contributed by atoms with Crippen LogP contribution in [0.15, 0.2) is 36.5 Å². The van der Waals surface area contributed by atoms with E-state index in [0.29, 0.717) is 17.2 Å². The van der Waals surface area contributed by atoms with Gasteiger partial charge in [0, 0.05) is 17.8 Å². The third-order valence-electron chi connectivity index (χ3n) is 4.60. The van der Waals surface area contributed by atoms with E-state index in [1.807, 2.05) is 6.07 Å². The SMILES string of the molecule is CCC1(c2cc(F)cc(F)c2-c2ccccn2)CC1C. The zero-order valence-electron chi connectivity index (χ0n) is 11.7. The van der Waals surface area contributed by atoms with Crippen molar-refractivity contribution in [2.75, 3.05) is 0 Å². The molecule has 1 nitrogen and oxygen atoms in total. The summed E-state index contributed by atoms with van der Waals surface area (Å²) in [4.78, 5) is 4.24. The number of halogens is 2. The van der Waals surface area contributed by atoms with Crippen LogP contribution < -0.4 is 0 Å². The highest BCUT2D eigenvalue weighted by molar-refractivity contribution is 5.67. The molecule has 3 heteroatoms. The number of hydrogen-bond donors (Lipinski definition) is 0. The molecule has 0 N–H and O–H groups in total. The average molecular weight is 273 g/mol. The maximum absolute atomic E-state index is 14.3. The lowest BCUT2D eigenvalue weighted by Crippen LogP contribution is -2.12. The molecule has 0 radical (unpaired) electrons. The molecule has 0 saturated heterocycles. The Balaban J connectivity index is 2.24. The first-order chi connectivity index (χ1) is 9.58. The normalized spacial score (nSPS) is 24.7. The van der Waals surface area contributed by atoms with Crippen molar-refractivity contribution < 1.29 is 8.78 Å². The molecule has 3 rings (SSSR count). The molecule has 2 atom stereocenters. The minimum atomic E-state index is -0.523. The van der Waals surface area contributed by atoms with Gasteiger partial charge in [-0.25, -0.2) is 8.78 Å². The molecule has 1 aromatic carbocycles. The zero-order valence-corrected chi connectivity index (χ0v) is 11.7. The van der Waals surface area contributed by atoms with Crippen LogP contribution in [0.25, 0.3) is 11.3 Å². The van der Waals surface area contributed by atoms with E-state index in [9.17, 15) is 8.78 Å². The first-order valence-corrected chi connectivity index (χ1v) is 6.99. The summed E-state index contributed by atoms with van der Waals surface area (Å²) in [5, 5.41) is 0. The summed E-state index contributed by atoms with van der Waals surface area (Å²) in [7, 11) is 0. The molecule has 2 unspecified atom stereocenters. The van der Waals surface area contributed by atoms with Crippen molar-refractivity contribution in [1.82, 2.24) is 4.98 Å². The van der Waals surface area contributed by atoms with Crippen LogP contribution in [0.3, 0.4) is 0 Å². The largest absolute Gasteiger partial charge is 0.256 e. The molecule has 1 heterocycles. The quantitative estimate of drug-likeness (QED) is 0.789. The number of pyridine rings is 1. The molecule has 0 aliphatic heterocycles. The summed E-state index contributed by atoms with van der Waals surface area (Å²) in [6, 6.07) is 7.82. The number of hydrogen-bond acceptors (Lipinski definition) is 1. The predicted octanol–water partition coefficient (Wildman–Crippen LogP) is 4.71. The van der Waals surface area contributed by atoms with Gasteiger partial charge < -0.3 is 0 Å². The first kappa shape index (κ1) is 13.2. The molecule has 0 amide bonds. The minimum absolute atomic E-state index is 0.101. The second-order valence-electron chi connectivity index (χ2n) is 5.64. The maximum Gasteiger partial charge on any atom is 0.135 e. The zero-order chi connectivity index (χ0) is 14.3. The van der Waals surface area contributed by atoms with E-state index in [1.165, 1.54) is 6.07 Å². The van der Waals surface area contributed by atoms with Crippen molar-refractivity contribution in [3.05, 3.63) is 53.7 Å². The van der Waals surface area contributed by atoms with Gasteiger partial charge in [0.05, 0.1) is 5.69 Å². The van der Waals surface area contributed by atoms with Crippen LogP contribution in [0.1, 0.15) is 32.3 Å². The predicted molar refractivity (Wildman–Crippen MR) is 75.3 cm³/mol. The van der Waals surface area contributed by atoms with Crippen molar-refractivity contribution in [2.45, 2.75) is 32.1 Å². The smallest absolute Gasteiger partial charge is 0.135 e. The molecule has 1 aliphatic carbocycles. The molecule has 20 heavy (non-hydrogen) atoms. The maximum atomic E-state index is 14.3. The topological polar surface area (TPSA) is 12.9 Å². The summed E-state index contributed by atoms with van der Waals surface area (Å²) < 4.78 is 28.0. The van der Waals surface area contributed by atoms with Gasteiger partial charge in [-0.05, 0) is 47.9 Å². The van der Waals surface area contributed by atoms with E-state index in [4.69, 9.17) is 0 Å². The summed E-state index contributed by atoms with van der Waals surface area (Å²) in [6.07, 6.45) is 3.50. The lowest BCUT2D eigenvalue weighted by atomic mass is 9.85. The number of aromatic nitrogens is 1. The van der Waals surface area contributed by atoms with E-state index in [1.54, 1.807) is 18.3 Å². The van der Waals surface area contributed by atoms with Gasteiger partial charge in [0.2, 0.25) is 0 Å². The second kappa shape index (κ2) is 4.65. The molecule has 2 aromatic rings. The molecule has 0 bridgehead atoms. The van der Waals surface area contributed by atoms with Crippen molar-refractivity contribution in [3.63, 3.8) is 0 Å². The minimum Gasteiger partial charge on any atom is -0.256 e. The number of nitrogens with zero attached hydrogens (tertiary/aromatic N) is 1. The van der Waals surface area contributed by atoms with E-state index in [0.717, 1.165) is 24.5 Å². The fourth-order valence-electron chi connectivity index (χ4n) is 3.28. The molecule has 1 aliphatic rings. The Kier molecular flexibility index (Phi) is 3.08. The molecule has 1 saturated carbocycles. The van der Waals surface area contributed by atoms with Gasteiger partial charge in [-0.3, -0.25) is 4.98 Å². The van der Waals surface area contributed by atoms with Gasteiger partial charge in [-0.15, -0.1) is 0 Å². The monoisotopic (exact) mass is 273 g/mol. The van der Waals surface area contributed by atoms with Crippen molar-refractivity contribution in [1.29, 1.82) is 0 Å². The van der Waals surface area contributed by atoms with E-state index in [-0.39, 0.29) is 5.41 Å². The van der Waals surface area contributed by atoms with Gasteiger partial charge in [0.1, 0.15) is 11.6 Å². The first-order valence-electron chi connectivity index (χ1n) is 6.99. The van der Waals surface area contributed by atoms with Crippen LogP contribution in [-0.4, -0.2) is 4.98 Å². The summed E-state index contributed by atoms with van der Waals surface area (Å²) in [5.41, 5.74) is 1.70. The van der Waals surface area contributed by atoms with E-state index >= 15 is 0 Å². The lowest BCUT2D eigenvalue weighted by molar-refractivity contribution is 0.557. The fraction of sp³-hybridized carbons (Fsp3) is 0.353.